The quantitative estimate of drug-likeness (QED) is 0.555. The fraction of sp³-hybridized carbons (Fsp3) is 0.235. The van der Waals surface area contributed by atoms with Gasteiger partial charge in [-0.05, 0) is 18.2 Å². The van der Waals surface area contributed by atoms with Gasteiger partial charge < -0.3 is 5.11 Å². The number of rotatable bonds is 1. The van der Waals surface area contributed by atoms with Gasteiger partial charge in [0.2, 0.25) is 0 Å². The molecule has 0 saturated heterocycles. The number of fused-ring (bicyclic) bond motifs is 3. The molecule has 102 valence electrons. The molecule has 0 fully saturated rings. The van der Waals surface area contributed by atoms with Crippen LogP contribution in [-0.4, -0.2) is 14.5 Å². The van der Waals surface area contributed by atoms with Crippen LogP contribution in [-0.2, 0) is 6.42 Å². The number of phenolic OH excluding ortho intramolecular Hbond substituents is 1. The first kappa shape index (κ1) is 12.7. The second-order valence-corrected chi connectivity index (χ2v) is 4.56. The van der Waals surface area contributed by atoms with Crippen molar-refractivity contribution in [3.05, 3.63) is 42.2 Å². The zero-order valence-electron chi connectivity index (χ0n) is 12.0. The van der Waals surface area contributed by atoms with E-state index >= 15 is 0 Å². The van der Waals surface area contributed by atoms with Crippen molar-refractivity contribution < 1.29 is 5.11 Å². The lowest BCUT2D eigenvalue weighted by molar-refractivity contribution is 0.480. The summed E-state index contributed by atoms with van der Waals surface area (Å²) in [6.45, 7) is 6.09. The molecule has 0 bridgehead atoms. The topological polar surface area (TPSA) is 37.5 Å². The number of phenols is 1. The van der Waals surface area contributed by atoms with Crippen LogP contribution in [0.1, 0.15) is 26.6 Å². The van der Waals surface area contributed by atoms with Crippen LogP contribution in [0.4, 0.5) is 0 Å². The average molecular weight is 266 g/mol. The van der Waals surface area contributed by atoms with Crippen molar-refractivity contribution in [1.82, 2.24) is 9.38 Å². The van der Waals surface area contributed by atoms with Gasteiger partial charge in [-0.25, -0.2) is 4.98 Å². The van der Waals surface area contributed by atoms with Gasteiger partial charge in [-0.2, -0.15) is 0 Å². The zero-order chi connectivity index (χ0) is 14.3. The molecule has 2 aromatic carbocycles. The van der Waals surface area contributed by atoms with Gasteiger partial charge in [0, 0.05) is 17.2 Å². The van der Waals surface area contributed by atoms with E-state index in [-0.39, 0.29) is 5.75 Å². The van der Waals surface area contributed by atoms with Crippen molar-refractivity contribution >= 4 is 27.3 Å². The van der Waals surface area contributed by atoms with Crippen LogP contribution in [0, 0.1) is 0 Å². The van der Waals surface area contributed by atoms with Gasteiger partial charge in [-0.3, -0.25) is 4.40 Å². The number of imidazole rings is 1. The minimum Gasteiger partial charge on any atom is -0.506 e. The van der Waals surface area contributed by atoms with Crippen LogP contribution >= 0.6 is 0 Å². The number of para-hydroxylation sites is 1. The molecule has 0 aliphatic heterocycles. The summed E-state index contributed by atoms with van der Waals surface area (Å²) in [6.07, 6.45) is 0.849. The van der Waals surface area contributed by atoms with Crippen molar-refractivity contribution in [2.24, 2.45) is 0 Å². The van der Waals surface area contributed by atoms with Gasteiger partial charge in [0.25, 0.3) is 0 Å². The second-order valence-electron chi connectivity index (χ2n) is 4.56. The maximum absolute atomic E-state index is 9.96. The van der Waals surface area contributed by atoms with Gasteiger partial charge in [-0.15, -0.1) is 0 Å². The van der Waals surface area contributed by atoms with E-state index in [1.807, 2.05) is 32.0 Å². The smallest absolute Gasteiger partial charge is 0.143 e. The summed E-state index contributed by atoms with van der Waals surface area (Å²) in [5.41, 5.74) is 2.91. The first-order valence-corrected chi connectivity index (χ1v) is 7.14. The summed E-state index contributed by atoms with van der Waals surface area (Å²) in [6, 6.07) is 12.0. The highest BCUT2D eigenvalue weighted by molar-refractivity contribution is 6.14. The van der Waals surface area contributed by atoms with Crippen molar-refractivity contribution in [3.8, 4) is 5.75 Å². The molecule has 0 aliphatic rings. The summed E-state index contributed by atoms with van der Waals surface area (Å²) < 4.78 is 2.17. The fourth-order valence-electron chi connectivity index (χ4n) is 2.82. The van der Waals surface area contributed by atoms with E-state index < -0.39 is 0 Å². The Morgan fingerprint density at radius 3 is 2.55 bits per heavy atom. The maximum atomic E-state index is 9.96. The van der Waals surface area contributed by atoms with E-state index in [0.717, 1.165) is 28.7 Å². The van der Waals surface area contributed by atoms with Crippen LogP contribution < -0.4 is 0 Å². The highest BCUT2D eigenvalue weighted by Gasteiger charge is 2.18. The summed E-state index contributed by atoms with van der Waals surface area (Å²) in [5.74, 6) is 1.26. The molecule has 0 radical (unpaired) electrons. The lowest BCUT2D eigenvalue weighted by Crippen LogP contribution is -1.89. The Morgan fingerprint density at radius 2 is 1.80 bits per heavy atom. The molecule has 1 N–H and O–H groups in total. The number of nitrogens with zero attached hydrogens (tertiary/aromatic N) is 2. The number of hydrogen-bond donors (Lipinski definition) is 1. The lowest BCUT2D eigenvalue weighted by Gasteiger charge is -1.95. The van der Waals surface area contributed by atoms with Gasteiger partial charge in [-0.1, -0.05) is 39.0 Å². The molecule has 4 rings (SSSR count). The average Bonchev–Trinajstić information content (AvgIpc) is 3.04. The van der Waals surface area contributed by atoms with Crippen molar-refractivity contribution in [3.63, 3.8) is 0 Å². The Kier molecular flexibility index (Phi) is 2.97. The van der Waals surface area contributed by atoms with Crippen LogP contribution in [0.2, 0.25) is 0 Å². The largest absolute Gasteiger partial charge is 0.506 e. The molecule has 0 amide bonds. The Balaban J connectivity index is 0.000000581. The highest BCUT2D eigenvalue weighted by Crippen LogP contribution is 2.36. The second kappa shape index (κ2) is 4.67. The Labute approximate surface area is 117 Å². The van der Waals surface area contributed by atoms with Gasteiger partial charge in [0.05, 0.1) is 11.0 Å². The normalized spacial score (nSPS) is 11.2. The zero-order valence-corrected chi connectivity index (χ0v) is 12.0. The molecule has 0 spiro atoms. The summed E-state index contributed by atoms with van der Waals surface area (Å²) in [5, 5.41) is 12.3. The molecule has 0 unspecified atom stereocenters. The van der Waals surface area contributed by atoms with Crippen molar-refractivity contribution in [2.75, 3.05) is 0 Å². The van der Waals surface area contributed by atoms with E-state index in [1.165, 1.54) is 5.39 Å². The number of aromatic nitrogens is 2. The van der Waals surface area contributed by atoms with Crippen molar-refractivity contribution in [1.29, 1.82) is 0 Å². The summed E-state index contributed by atoms with van der Waals surface area (Å²) >= 11 is 0. The number of aromatic hydroxyl groups is 1. The molecular weight excluding hydrogens is 248 g/mol. The predicted molar refractivity (Wildman–Crippen MR) is 83.8 cm³/mol. The van der Waals surface area contributed by atoms with Gasteiger partial charge >= 0.3 is 0 Å². The molecule has 20 heavy (non-hydrogen) atoms. The first-order valence-electron chi connectivity index (χ1n) is 7.14. The number of hydrogen-bond acceptors (Lipinski definition) is 2. The van der Waals surface area contributed by atoms with E-state index in [4.69, 9.17) is 0 Å². The predicted octanol–water partition coefficient (Wildman–Crippen LogP) is 4.37. The Hall–Kier alpha value is -2.29. The lowest BCUT2D eigenvalue weighted by atomic mass is 10.1. The van der Waals surface area contributed by atoms with E-state index in [0.29, 0.717) is 5.52 Å². The van der Waals surface area contributed by atoms with E-state index in [2.05, 4.69) is 28.4 Å². The maximum Gasteiger partial charge on any atom is 0.143 e. The first-order chi connectivity index (χ1) is 9.81. The molecule has 4 aromatic rings. The molecule has 0 saturated carbocycles. The molecular formula is C17H18N2O. The molecule has 0 aliphatic carbocycles. The van der Waals surface area contributed by atoms with Gasteiger partial charge in [0.1, 0.15) is 17.1 Å². The van der Waals surface area contributed by atoms with Crippen LogP contribution in [0.3, 0.4) is 0 Å². The van der Waals surface area contributed by atoms with Crippen molar-refractivity contribution in [2.45, 2.75) is 27.2 Å². The number of benzene rings is 2. The van der Waals surface area contributed by atoms with Crippen LogP contribution in [0.25, 0.3) is 27.3 Å². The monoisotopic (exact) mass is 266 g/mol. The van der Waals surface area contributed by atoms with Gasteiger partial charge in [0.15, 0.2) is 0 Å². The minimum atomic E-state index is 0.259. The fourth-order valence-corrected chi connectivity index (χ4v) is 2.82. The highest BCUT2D eigenvalue weighted by atomic mass is 16.3. The van der Waals surface area contributed by atoms with E-state index in [9.17, 15) is 5.11 Å². The van der Waals surface area contributed by atoms with E-state index in [1.54, 1.807) is 6.07 Å². The SMILES string of the molecule is CC.CCc1nc2c(O)ccc3c4ccccc4n1c23. The Morgan fingerprint density at radius 1 is 1.05 bits per heavy atom. The third-order valence-corrected chi connectivity index (χ3v) is 3.60. The number of aryl methyl sites for hydroxylation is 1. The van der Waals surface area contributed by atoms with Crippen LogP contribution in [0.5, 0.6) is 5.75 Å². The molecule has 2 heterocycles. The van der Waals surface area contributed by atoms with Crippen LogP contribution in [0.15, 0.2) is 36.4 Å². The molecule has 0 atom stereocenters. The molecule has 3 nitrogen and oxygen atoms in total. The Bertz CT molecular complexity index is 877. The third kappa shape index (κ3) is 1.49. The standard InChI is InChI=1S/C15H12N2O.C2H6/c1-2-13-16-14-12(18)8-7-10-9-5-3-4-6-11(9)17(13)15(10)14;1-2/h3-8,18H,2H2,1H3;1-2H3. The molecule has 3 heteroatoms. The molecule has 2 aromatic heterocycles. The summed E-state index contributed by atoms with van der Waals surface area (Å²) in [7, 11) is 0. The third-order valence-electron chi connectivity index (χ3n) is 3.60. The summed E-state index contributed by atoms with van der Waals surface area (Å²) in [4.78, 5) is 4.55. The minimum absolute atomic E-state index is 0.259.